The smallest absolute Gasteiger partial charge is 0.0409 e. The fraction of sp³-hybridized carbons (Fsp3) is 0.286. The van der Waals surface area contributed by atoms with E-state index in [0.717, 1.165) is 17.3 Å². The van der Waals surface area contributed by atoms with Crippen molar-refractivity contribution >= 4 is 26.7 Å². The molecule has 0 atom stereocenters. The average Bonchev–Trinajstić information content (AvgIpc) is 2.26. The molecule has 2 aromatic carbocycles. The Morgan fingerprint density at radius 2 is 1.94 bits per heavy atom. The first-order valence-corrected chi connectivity index (χ1v) is 6.46. The number of benzene rings is 2. The van der Waals surface area contributed by atoms with Crippen LogP contribution in [0.5, 0.6) is 0 Å². The van der Waals surface area contributed by atoms with Crippen molar-refractivity contribution in [2.75, 3.05) is 0 Å². The third-order valence-electron chi connectivity index (χ3n) is 3.65. The van der Waals surface area contributed by atoms with Gasteiger partial charge in [0.05, 0.1) is 0 Å². The Labute approximate surface area is 104 Å². The highest BCUT2D eigenvalue weighted by molar-refractivity contribution is 9.10. The summed E-state index contributed by atoms with van der Waals surface area (Å²) in [6.45, 7) is 0. The zero-order chi connectivity index (χ0) is 11.2. The van der Waals surface area contributed by atoms with Crippen LogP contribution in [0.15, 0.2) is 40.9 Å². The van der Waals surface area contributed by atoms with E-state index in [-0.39, 0.29) is 5.54 Å². The van der Waals surface area contributed by atoms with Gasteiger partial charge in [-0.2, -0.15) is 0 Å². The SMILES string of the molecule is NC1(c2ccc3cccc(Br)c3c2)CCC1. The summed E-state index contributed by atoms with van der Waals surface area (Å²) < 4.78 is 1.15. The van der Waals surface area contributed by atoms with Gasteiger partial charge >= 0.3 is 0 Å². The molecule has 1 nitrogen and oxygen atoms in total. The molecule has 2 aromatic rings. The summed E-state index contributed by atoms with van der Waals surface area (Å²) in [5.74, 6) is 0. The second-order valence-corrected chi connectivity index (χ2v) is 5.54. The summed E-state index contributed by atoms with van der Waals surface area (Å²) in [4.78, 5) is 0. The quantitative estimate of drug-likeness (QED) is 0.838. The second-order valence-electron chi connectivity index (χ2n) is 4.69. The van der Waals surface area contributed by atoms with Gasteiger partial charge in [0, 0.05) is 10.0 Å². The molecule has 3 rings (SSSR count). The van der Waals surface area contributed by atoms with Gasteiger partial charge in [-0.05, 0) is 47.7 Å². The lowest BCUT2D eigenvalue weighted by atomic mass is 9.72. The Kier molecular flexibility index (Phi) is 2.30. The summed E-state index contributed by atoms with van der Waals surface area (Å²) in [5, 5.41) is 2.53. The fourth-order valence-electron chi connectivity index (χ4n) is 2.39. The van der Waals surface area contributed by atoms with Crippen molar-refractivity contribution in [2.45, 2.75) is 24.8 Å². The third kappa shape index (κ3) is 1.48. The normalized spacial score (nSPS) is 18.4. The van der Waals surface area contributed by atoms with E-state index in [2.05, 4.69) is 52.3 Å². The number of nitrogens with two attached hydrogens (primary N) is 1. The van der Waals surface area contributed by atoms with E-state index < -0.39 is 0 Å². The zero-order valence-corrected chi connectivity index (χ0v) is 10.6. The summed E-state index contributed by atoms with van der Waals surface area (Å²) in [7, 11) is 0. The van der Waals surface area contributed by atoms with Gasteiger partial charge in [-0.25, -0.2) is 0 Å². The molecule has 0 bridgehead atoms. The van der Waals surface area contributed by atoms with Crippen LogP contribution in [0.1, 0.15) is 24.8 Å². The molecule has 2 N–H and O–H groups in total. The first-order valence-electron chi connectivity index (χ1n) is 5.67. The van der Waals surface area contributed by atoms with Crippen LogP contribution in [0.4, 0.5) is 0 Å². The van der Waals surface area contributed by atoms with Crippen molar-refractivity contribution < 1.29 is 0 Å². The maximum atomic E-state index is 6.35. The van der Waals surface area contributed by atoms with E-state index in [9.17, 15) is 0 Å². The number of hydrogen-bond acceptors (Lipinski definition) is 1. The molecule has 1 fully saturated rings. The van der Waals surface area contributed by atoms with Crippen LogP contribution < -0.4 is 5.73 Å². The Hall–Kier alpha value is -0.860. The number of rotatable bonds is 1. The number of fused-ring (bicyclic) bond motifs is 1. The lowest BCUT2D eigenvalue weighted by Crippen LogP contribution is -2.43. The standard InChI is InChI=1S/C14H14BrN/c15-13-4-1-3-10-5-6-11(9-12(10)13)14(16)7-2-8-14/h1,3-6,9H,2,7-8,16H2. The predicted molar refractivity (Wildman–Crippen MR) is 71.4 cm³/mol. The van der Waals surface area contributed by atoms with Gasteiger partial charge in [0.25, 0.3) is 0 Å². The summed E-state index contributed by atoms with van der Waals surface area (Å²) in [6, 6.07) is 12.9. The minimum Gasteiger partial charge on any atom is -0.321 e. The van der Waals surface area contributed by atoms with E-state index >= 15 is 0 Å². The Morgan fingerprint density at radius 1 is 1.12 bits per heavy atom. The number of halogens is 1. The molecule has 0 heterocycles. The highest BCUT2D eigenvalue weighted by atomic mass is 79.9. The lowest BCUT2D eigenvalue weighted by Gasteiger charge is -2.38. The van der Waals surface area contributed by atoms with E-state index in [4.69, 9.17) is 5.73 Å². The molecule has 1 aliphatic carbocycles. The zero-order valence-electron chi connectivity index (χ0n) is 9.04. The maximum Gasteiger partial charge on any atom is 0.0409 e. The van der Waals surface area contributed by atoms with Gasteiger partial charge in [-0.15, -0.1) is 0 Å². The topological polar surface area (TPSA) is 26.0 Å². The van der Waals surface area contributed by atoms with Gasteiger partial charge in [-0.1, -0.05) is 40.2 Å². The van der Waals surface area contributed by atoms with Crippen molar-refractivity contribution in [2.24, 2.45) is 5.73 Å². The van der Waals surface area contributed by atoms with Crippen LogP contribution in [0, 0.1) is 0 Å². The highest BCUT2D eigenvalue weighted by Crippen LogP contribution is 2.40. The summed E-state index contributed by atoms with van der Waals surface area (Å²) >= 11 is 3.60. The van der Waals surface area contributed by atoms with Gasteiger partial charge in [0.1, 0.15) is 0 Å². The molecule has 0 aliphatic heterocycles. The van der Waals surface area contributed by atoms with Crippen molar-refractivity contribution in [1.29, 1.82) is 0 Å². The molecular weight excluding hydrogens is 262 g/mol. The fourth-order valence-corrected chi connectivity index (χ4v) is 2.89. The van der Waals surface area contributed by atoms with Crippen LogP contribution >= 0.6 is 15.9 Å². The summed E-state index contributed by atoms with van der Waals surface area (Å²) in [5.41, 5.74) is 7.56. The largest absolute Gasteiger partial charge is 0.321 e. The molecule has 1 aliphatic rings. The first kappa shape index (κ1) is 10.3. The number of hydrogen-bond donors (Lipinski definition) is 1. The monoisotopic (exact) mass is 275 g/mol. The third-order valence-corrected chi connectivity index (χ3v) is 4.34. The van der Waals surface area contributed by atoms with Crippen LogP contribution in [-0.2, 0) is 5.54 Å². The van der Waals surface area contributed by atoms with Crippen LogP contribution in [0.2, 0.25) is 0 Å². The molecule has 0 spiro atoms. The Morgan fingerprint density at radius 3 is 2.62 bits per heavy atom. The predicted octanol–water partition coefficient (Wildman–Crippen LogP) is 3.94. The Bertz CT molecular complexity index is 543. The molecule has 0 saturated heterocycles. The average molecular weight is 276 g/mol. The van der Waals surface area contributed by atoms with Crippen molar-refractivity contribution in [3.63, 3.8) is 0 Å². The van der Waals surface area contributed by atoms with Crippen LogP contribution in [-0.4, -0.2) is 0 Å². The van der Waals surface area contributed by atoms with Crippen LogP contribution in [0.25, 0.3) is 10.8 Å². The van der Waals surface area contributed by atoms with Crippen LogP contribution in [0.3, 0.4) is 0 Å². The lowest BCUT2D eigenvalue weighted by molar-refractivity contribution is 0.254. The highest BCUT2D eigenvalue weighted by Gasteiger charge is 2.34. The molecule has 2 heteroatoms. The van der Waals surface area contributed by atoms with E-state index in [1.54, 1.807) is 0 Å². The molecule has 1 saturated carbocycles. The van der Waals surface area contributed by atoms with Gasteiger partial charge in [0.15, 0.2) is 0 Å². The van der Waals surface area contributed by atoms with Gasteiger partial charge in [-0.3, -0.25) is 0 Å². The van der Waals surface area contributed by atoms with E-state index in [0.29, 0.717) is 0 Å². The molecule has 0 aromatic heterocycles. The van der Waals surface area contributed by atoms with E-state index in [1.165, 1.54) is 22.8 Å². The first-order chi connectivity index (χ1) is 7.69. The van der Waals surface area contributed by atoms with Gasteiger partial charge in [0.2, 0.25) is 0 Å². The molecule has 0 amide bonds. The molecule has 0 radical (unpaired) electrons. The molecule has 16 heavy (non-hydrogen) atoms. The van der Waals surface area contributed by atoms with Crippen molar-refractivity contribution in [3.05, 3.63) is 46.4 Å². The summed E-state index contributed by atoms with van der Waals surface area (Å²) in [6.07, 6.45) is 3.48. The van der Waals surface area contributed by atoms with Gasteiger partial charge < -0.3 is 5.73 Å². The molecule has 82 valence electrons. The second kappa shape index (κ2) is 3.57. The minimum absolute atomic E-state index is 0.0660. The van der Waals surface area contributed by atoms with Crippen molar-refractivity contribution in [3.8, 4) is 0 Å². The molecular formula is C14H14BrN. The Balaban J connectivity index is 2.18. The maximum absolute atomic E-state index is 6.35. The molecule has 0 unspecified atom stereocenters. The van der Waals surface area contributed by atoms with E-state index in [1.807, 2.05) is 0 Å². The minimum atomic E-state index is -0.0660. The van der Waals surface area contributed by atoms with Crippen molar-refractivity contribution in [1.82, 2.24) is 0 Å².